The second-order valence-electron chi connectivity index (χ2n) is 7.91. The molecular formula is C24H40FeNO2P. The van der Waals surface area contributed by atoms with Crippen molar-refractivity contribution >= 4 is 18.9 Å². The zero-order chi connectivity index (χ0) is 18.4. The molecular weight excluding hydrogens is 421 g/mol. The Bertz CT molecular complexity index is 569. The minimum atomic E-state index is -0.534. The second-order valence-corrected chi connectivity index (χ2v) is 10.2. The molecule has 3 nitrogen and oxygen atoms in total. The minimum absolute atomic E-state index is 0. The van der Waals surface area contributed by atoms with E-state index in [-0.39, 0.29) is 31.9 Å². The van der Waals surface area contributed by atoms with Crippen LogP contribution in [0, 0.1) is 20.8 Å². The average Bonchev–Trinajstić information content (AvgIpc) is 3.44. The summed E-state index contributed by atoms with van der Waals surface area (Å²) in [5, 5.41) is 0. The summed E-state index contributed by atoms with van der Waals surface area (Å²) in [4.78, 5) is 2.35. The molecule has 0 aromatic carbocycles. The number of furan rings is 2. The molecule has 2 aromatic rings. The molecule has 29 heavy (non-hydrogen) atoms. The van der Waals surface area contributed by atoms with Crippen molar-refractivity contribution in [2.75, 3.05) is 14.1 Å². The van der Waals surface area contributed by atoms with E-state index >= 15 is 0 Å². The first-order chi connectivity index (χ1) is 12.7. The van der Waals surface area contributed by atoms with Gasteiger partial charge in [0.05, 0.1) is 12.5 Å². The molecule has 2 saturated carbocycles. The molecule has 0 N–H and O–H groups in total. The van der Waals surface area contributed by atoms with Crippen molar-refractivity contribution in [1.29, 1.82) is 0 Å². The molecule has 0 amide bonds. The monoisotopic (exact) mass is 461 g/mol. The largest absolute Gasteiger partial charge is 2.00 e. The summed E-state index contributed by atoms with van der Waals surface area (Å²) in [7, 11) is 3.83. The van der Waals surface area contributed by atoms with Crippen molar-refractivity contribution in [2.24, 2.45) is 5.92 Å². The van der Waals surface area contributed by atoms with Crippen LogP contribution in [0.4, 0.5) is 0 Å². The smallest absolute Gasteiger partial charge is 0.464 e. The summed E-state index contributed by atoms with van der Waals surface area (Å²) in [6, 6.07) is 8.81. The van der Waals surface area contributed by atoms with E-state index in [2.05, 4.69) is 38.1 Å². The first-order valence-electron chi connectivity index (χ1n) is 10.2. The third-order valence-corrected chi connectivity index (χ3v) is 8.80. The van der Waals surface area contributed by atoms with Crippen LogP contribution < -0.4 is 11.0 Å². The molecule has 0 saturated heterocycles. The molecule has 5 heteroatoms. The summed E-state index contributed by atoms with van der Waals surface area (Å²) >= 11 is 0. The van der Waals surface area contributed by atoms with Gasteiger partial charge in [0, 0.05) is 14.0 Å². The van der Waals surface area contributed by atoms with E-state index in [9.17, 15) is 0 Å². The Kier molecular flexibility index (Phi) is 14.2. The molecule has 0 bridgehead atoms. The Morgan fingerprint density at radius 3 is 1.72 bits per heavy atom. The molecule has 0 spiro atoms. The molecule has 2 heterocycles. The van der Waals surface area contributed by atoms with Crippen molar-refractivity contribution < 1.29 is 25.9 Å². The molecule has 2 fully saturated rings. The van der Waals surface area contributed by atoms with Gasteiger partial charge in [-0.1, -0.05) is 38.5 Å². The maximum Gasteiger partial charge on any atom is 2.00 e. The molecule has 2 aromatic heterocycles. The van der Waals surface area contributed by atoms with E-state index in [1.807, 2.05) is 12.1 Å². The van der Waals surface area contributed by atoms with Gasteiger partial charge < -0.3 is 28.6 Å². The fourth-order valence-corrected chi connectivity index (χ4v) is 7.30. The predicted octanol–water partition coefficient (Wildman–Crippen LogP) is 6.27. The third kappa shape index (κ3) is 7.58. The van der Waals surface area contributed by atoms with Crippen LogP contribution in [0.3, 0.4) is 0 Å². The van der Waals surface area contributed by atoms with Crippen LogP contribution in [-0.4, -0.2) is 30.7 Å². The van der Waals surface area contributed by atoms with Crippen LogP contribution in [0.2, 0.25) is 0 Å². The molecule has 3 atom stereocenters. The maximum atomic E-state index is 5.78. The van der Waals surface area contributed by atoms with Gasteiger partial charge in [0.2, 0.25) is 0 Å². The summed E-state index contributed by atoms with van der Waals surface area (Å²) in [5.74, 6) is 0.710. The van der Waals surface area contributed by atoms with Crippen LogP contribution in [-0.2, 0) is 17.1 Å². The fraction of sp³-hybridized carbons (Fsp3) is 0.583. The Labute approximate surface area is 191 Å². The molecule has 2 aliphatic rings. The summed E-state index contributed by atoms with van der Waals surface area (Å²) < 4.78 is 11.6. The van der Waals surface area contributed by atoms with E-state index in [0.717, 1.165) is 11.0 Å². The zero-order valence-corrected chi connectivity index (χ0v) is 20.9. The summed E-state index contributed by atoms with van der Waals surface area (Å²) in [6.07, 6.45) is 15.0. The number of hydrogen-bond acceptors (Lipinski definition) is 3. The Balaban J connectivity index is 0.000000863. The standard InChI is InChI=1S/C17H24NO2P.C5H10.2CH3.Fe/c1-13(18(2)3)14-7-4-8-15(14)21(16-9-5-11-19-16)17-10-6-12-20-17;1-2-4-5-3-1;;;/h5-6,9-15H,4,7-8H2,1-3H3;1-5H2;2*1H3;/q;;2*-1;+2/t13-,14?,15?;;;;/m0..../s1. The third-order valence-electron chi connectivity index (χ3n) is 6.03. The van der Waals surface area contributed by atoms with E-state index in [0.29, 0.717) is 17.6 Å². The molecule has 4 rings (SSSR count). The van der Waals surface area contributed by atoms with Crippen LogP contribution in [0.15, 0.2) is 45.6 Å². The van der Waals surface area contributed by atoms with E-state index in [1.165, 1.54) is 51.4 Å². The molecule has 166 valence electrons. The van der Waals surface area contributed by atoms with Crippen LogP contribution in [0.5, 0.6) is 0 Å². The van der Waals surface area contributed by atoms with Gasteiger partial charge in [-0.2, -0.15) is 0 Å². The van der Waals surface area contributed by atoms with Crippen molar-refractivity contribution in [3.63, 3.8) is 0 Å². The second kappa shape index (κ2) is 14.5. The quantitative estimate of drug-likeness (QED) is 0.299. The van der Waals surface area contributed by atoms with Gasteiger partial charge in [0.25, 0.3) is 0 Å². The van der Waals surface area contributed by atoms with Gasteiger partial charge in [-0.05, 0) is 69.7 Å². The van der Waals surface area contributed by atoms with Crippen LogP contribution in [0.1, 0.15) is 58.3 Å². The van der Waals surface area contributed by atoms with Crippen molar-refractivity contribution in [3.8, 4) is 0 Å². The maximum absolute atomic E-state index is 5.78. The van der Waals surface area contributed by atoms with Crippen molar-refractivity contribution in [3.05, 3.63) is 51.6 Å². The van der Waals surface area contributed by atoms with Gasteiger partial charge in [0.1, 0.15) is 11.0 Å². The van der Waals surface area contributed by atoms with Crippen LogP contribution in [0.25, 0.3) is 0 Å². The normalized spacial score (nSPS) is 21.6. The average molecular weight is 461 g/mol. The number of nitrogens with zero attached hydrogens (tertiary/aromatic N) is 1. The Hall–Kier alpha value is -0.531. The van der Waals surface area contributed by atoms with Gasteiger partial charge in [-0.25, -0.2) is 0 Å². The fourth-order valence-electron chi connectivity index (χ4n) is 4.37. The summed E-state index contributed by atoms with van der Waals surface area (Å²) in [6.45, 7) is 2.35. The number of hydrogen-bond donors (Lipinski definition) is 0. The van der Waals surface area contributed by atoms with Gasteiger partial charge in [-0.15, -0.1) is 0 Å². The van der Waals surface area contributed by atoms with Crippen molar-refractivity contribution in [1.82, 2.24) is 4.90 Å². The summed E-state index contributed by atoms with van der Waals surface area (Å²) in [5.41, 5.74) is 2.85. The molecule has 2 unspecified atom stereocenters. The van der Waals surface area contributed by atoms with Crippen molar-refractivity contribution in [2.45, 2.75) is 70.0 Å². The predicted molar refractivity (Wildman–Crippen MR) is 124 cm³/mol. The number of rotatable bonds is 5. The Morgan fingerprint density at radius 2 is 1.34 bits per heavy atom. The topological polar surface area (TPSA) is 29.5 Å². The Morgan fingerprint density at radius 1 is 0.862 bits per heavy atom. The van der Waals surface area contributed by atoms with Gasteiger partial charge in [-0.3, -0.25) is 0 Å². The molecule has 2 aliphatic carbocycles. The van der Waals surface area contributed by atoms with E-state index in [1.54, 1.807) is 12.5 Å². The van der Waals surface area contributed by atoms with E-state index in [4.69, 9.17) is 8.83 Å². The minimum Gasteiger partial charge on any atom is -0.464 e. The van der Waals surface area contributed by atoms with Crippen LogP contribution >= 0.6 is 7.92 Å². The zero-order valence-electron chi connectivity index (χ0n) is 18.9. The van der Waals surface area contributed by atoms with E-state index < -0.39 is 7.92 Å². The SMILES string of the molecule is C1CCCC1.C[C@@H](C1CCCC1P(c1ccco1)c1ccco1)N(C)C.[CH3-].[CH3-].[Fe+2]. The molecule has 0 aliphatic heterocycles. The first-order valence-corrected chi connectivity index (χ1v) is 11.6. The molecule has 0 radical (unpaired) electrons. The van der Waals surface area contributed by atoms with Gasteiger partial charge >= 0.3 is 17.1 Å². The van der Waals surface area contributed by atoms with Gasteiger partial charge in [0.15, 0.2) is 0 Å². The first kappa shape index (κ1) is 28.5.